The summed E-state index contributed by atoms with van der Waals surface area (Å²) in [5, 5.41) is 12.7. The van der Waals surface area contributed by atoms with E-state index in [-0.39, 0.29) is 30.5 Å². The first-order valence-electron chi connectivity index (χ1n) is 8.02. The van der Waals surface area contributed by atoms with Gasteiger partial charge in [0, 0.05) is 24.7 Å². The normalized spacial score (nSPS) is 21.0. The molecule has 1 saturated carbocycles. The molecule has 1 aliphatic rings. The van der Waals surface area contributed by atoms with Gasteiger partial charge >= 0.3 is 0 Å². The van der Waals surface area contributed by atoms with Crippen molar-refractivity contribution in [3.05, 3.63) is 42.1 Å². The molecule has 0 bridgehead atoms. The summed E-state index contributed by atoms with van der Waals surface area (Å²) in [4.78, 5) is 20.8. The van der Waals surface area contributed by atoms with Gasteiger partial charge in [0.2, 0.25) is 11.8 Å². The largest absolute Gasteiger partial charge is 0.481 e. The van der Waals surface area contributed by atoms with Crippen LogP contribution in [-0.2, 0) is 11.3 Å². The molecule has 0 aromatic carbocycles. The number of imidazole rings is 1. The summed E-state index contributed by atoms with van der Waals surface area (Å²) in [7, 11) is 1.57. The number of aryl methyl sites for hydroxylation is 1. The Hall–Kier alpha value is -2.41. The molecule has 7 heteroatoms. The van der Waals surface area contributed by atoms with Crippen LogP contribution >= 0.6 is 0 Å². The molecule has 1 atom stereocenters. The van der Waals surface area contributed by atoms with Crippen LogP contribution in [0.4, 0.5) is 0 Å². The molecule has 1 amide bonds. The Kier molecular flexibility index (Phi) is 4.80. The van der Waals surface area contributed by atoms with Crippen LogP contribution in [0.25, 0.3) is 0 Å². The number of ether oxygens (including phenoxy) is 1. The van der Waals surface area contributed by atoms with Crippen molar-refractivity contribution in [2.24, 2.45) is 5.92 Å². The van der Waals surface area contributed by atoms with E-state index in [4.69, 9.17) is 4.74 Å². The lowest BCUT2D eigenvalue weighted by Crippen LogP contribution is -2.42. The highest BCUT2D eigenvalue weighted by Crippen LogP contribution is 2.38. The Labute approximate surface area is 140 Å². The SMILES string of the molecule is COc1ccc(C(NC(=O)Cn2ccnc2C)C2CC(O)C2)cn1. The maximum atomic E-state index is 12.4. The van der Waals surface area contributed by atoms with Crippen molar-refractivity contribution in [1.29, 1.82) is 0 Å². The molecular weight excluding hydrogens is 308 g/mol. The zero-order valence-electron chi connectivity index (χ0n) is 13.8. The lowest BCUT2D eigenvalue weighted by atomic mass is 9.75. The average molecular weight is 330 g/mol. The van der Waals surface area contributed by atoms with Gasteiger partial charge in [-0.3, -0.25) is 4.79 Å². The Morgan fingerprint density at radius 3 is 2.79 bits per heavy atom. The molecule has 0 radical (unpaired) electrons. The van der Waals surface area contributed by atoms with E-state index in [1.807, 2.05) is 13.0 Å². The molecule has 1 aliphatic carbocycles. The molecule has 2 aromatic heterocycles. The average Bonchev–Trinajstić information content (AvgIpc) is 2.95. The van der Waals surface area contributed by atoms with Crippen LogP contribution in [0.5, 0.6) is 5.88 Å². The number of amides is 1. The second kappa shape index (κ2) is 7.00. The molecule has 1 fully saturated rings. The molecule has 0 saturated heterocycles. The number of aromatic nitrogens is 3. The van der Waals surface area contributed by atoms with Gasteiger partial charge in [-0.2, -0.15) is 0 Å². The predicted molar refractivity (Wildman–Crippen MR) is 87.4 cm³/mol. The van der Waals surface area contributed by atoms with Crippen LogP contribution in [0.15, 0.2) is 30.7 Å². The van der Waals surface area contributed by atoms with E-state index in [0.29, 0.717) is 18.7 Å². The third-order valence-electron chi connectivity index (χ3n) is 4.50. The number of hydrogen-bond acceptors (Lipinski definition) is 5. The fourth-order valence-electron chi connectivity index (χ4n) is 3.02. The summed E-state index contributed by atoms with van der Waals surface area (Å²) in [6, 6.07) is 3.52. The van der Waals surface area contributed by atoms with E-state index in [9.17, 15) is 9.90 Å². The number of aliphatic hydroxyl groups is 1. The Morgan fingerprint density at radius 2 is 2.25 bits per heavy atom. The smallest absolute Gasteiger partial charge is 0.240 e. The van der Waals surface area contributed by atoms with Gasteiger partial charge in [0.1, 0.15) is 12.4 Å². The minimum atomic E-state index is -0.281. The van der Waals surface area contributed by atoms with Crippen molar-refractivity contribution in [1.82, 2.24) is 19.9 Å². The van der Waals surface area contributed by atoms with Crippen molar-refractivity contribution in [3.8, 4) is 5.88 Å². The van der Waals surface area contributed by atoms with Crippen LogP contribution in [0.1, 0.15) is 30.3 Å². The molecule has 2 aromatic rings. The third-order valence-corrected chi connectivity index (χ3v) is 4.50. The van der Waals surface area contributed by atoms with Crippen LogP contribution in [0.2, 0.25) is 0 Å². The highest BCUT2D eigenvalue weighted by Gasteiger charge is 2.35. The van der Waals surface area contributed by atoms with Gasteiger partial charge in [-0.25, -0.2) is 9.97 Å². The number of aliphatic hydroxyl groups excluding tert-OH is 1. The van der Waals surface area contributed by atoms with Gasteiger partial charge in [-0.05, 0) is 31.2 Å². The van der Waals surface area contributed by atoms with E-state index >= 15 is 0 Å². The quantitative estimate of drug-likeness (QED) is 0.831. The number of carbonyl (C=O) groups is 1. The first kappa shape index (κ1) is 16.4. The lowest BCUT2D eigenvalue weighted by Gasteiger charge is -2.38. The number of carbonyl (C=O) groups excluding carboxylic acids is 1. The summed E-state index contributed by atoms with van der Waals surface area (Å²) in [5.41, 5.74) is 0.920. The van der Waals surface area contributed by atoms with E-state index in [0.717, 1.165) is 11.4 Å². The van der Waals surface area contributed by atoms with Gasteiger partial charge in [0.25, 0.3) is 0 Å². The van der Waals surface area contributed by atoms with Crippen LogP contribution in [-0.4, -0.2) is 38.8 Å². The van der Waals surface area contributed by atoms with Gasteiger partial charge in [-0.15, -0.1) is 0 Å². The third kappa shape index (κ3) is 3.56. The van der Waals surface area contributed by atoms with Crippen LogP contribution in [0, 0.1) is 12.8 Å². The molecule has 3 rings (SSSR count). The molecular formula is C17H22N4O3. The maximum Gasteiger partial charge on any atom is 0.240 e. The number of nitrogens with zero attached hydrogens (tertiary/aromatic N) is 3. The minimum absolute atomic E-state index is 0.0849. The Morgan fingerprint density at radius 1 is 1.46 bits per heavy atom. The molecule has 1 unspecified atom stereocenters. The molecule has 7 nitrogen and oxygen atoms in total. The highest BCUT2D eigenvalue weighted by molar-refractivity contribution is 5.76. The highest BCUT2D eigenvalue weighted by atomic mass is 16.5. The van der Waals surface area contributed by atoms with Gasteiger partial charge in [-0.1, -0.05) is 6.07 Å². The first-order chi connectivity index (χ1) is 11.6. The lowest BCUT2D eigenvalue weighted by molar-refractivity contribution is -0.123. The molecule has 2 N–H and O–H groups in total. The fourth-order valence-corrected chi connectivity index (χ4v) is 3.02. The second-order valence-corrected chi connectivity index (χ2v) is 6.17. The number of nitrogens with one attached hydrogen (secondary N) is 1. The van der Waals surface area contributed by atoms with Crippen molar-refractivity contribution >= 4 is 5.91 Å². The molecule has 24 heavy (non-hydrogen) atoms. The number of hydrogen-bond donors (Lipinski definition) is 2. The predicted octanol–water partition coefficient (Wildman–Crippen LogP) is 1.22. The van der Waals surface area contributed by atoms with Gasteiger partial charge in [0.15, 0.2) is 0 Å². The zero-order chi connectivity index (χ0) is 17.1. The number of rotatable bonds is 6. The summed E-state index contributed by atoms with van der Waals surface area (Å²) in [6.07, 6.45) is 6.26. The van der Waals surface area contributed by atoms with E-state index < -0.39 is 0 Å². The van der Waals surface area contributed by atoms with Crippen molar-refractivity contribution < 1.29 is 14.6 Å². The standard InChI is InChI=1S/C17H22N4O3/c1-11-18-5-6-21(11)10-15(23)20-17(13-7-14(22)8-13)12-3-4-16(24-2)19-9-12/h3-6,9,13-14,17,22H,7-8,10H2,1-2H3,(H,20,23). The summed E-state index contributed by atoms with van der Waals surface area (Å²) < 4.78 is 6.88. The summed E-state index contributed by atoms with van der Waals surface area (Å²) >= 11 is 0. The van der Waals surface area contributed by atoms with Crippen LogP contribution in [0.3, 0.4) is 0 Å². The Balaban J connectivity index is 1.72. The van der Waals surface area contributed by atoms with Crippen molar-refractivity contribution in [2.45, 2.75) is 38.5 Å². The first-order valence-corrected chi connectivity index (χ1v) is 8.02. The zero-order valence-corrected chi connectivity index (χ0v) is 13.8. The maximum absolute atomic E-state index is 12.4. The summed E-state index contributed by atoms with van der Waals surface area (Å²) in [5.74, 6) is 1.46. The van der Waals surface area contributed by atoms with Gasteiger partial charge < -0.3 is 19.7 Å². The fraction of sp³-hybridized carbons (Fsp3) is 0.471. The second-order valence-electron chi connectivity index (χ2n) is 6.17. The minimum Gasteiger partial charge on any atom is -0.481 e. The van der Waals surface area contributed by atoms with E-state index in [2.05, 4.69) is 15.3 Å². The molecule has 128 valence electrons. The van der Waals surface area contributed by atoms with Gasteiger partial charge in [0.05, 0.1) is 19.3 Å². The molecule has 2 heterocycles. The van der Waals surface area contributed by atoms with Crippen molar-refractivity contribution in [3.63, 3.8) is 0 Å². The van der Waals surface area contributed by atoms with E-state index in [1.165, 1.54) is 0 Å². The van der Waals surface area contributed by atoms with E-state index in [1.54, 1.807) is 36.3 Å². The number of pyridine rings is 1. The molecule has 0 spiro atoms. The monoisotopic (exact) mass is 330 g/mol. The number of methoxy groups -OCH3 is 1. The topological polar surface area (TPSA) is 89.3 Å². The van der Waals surface area contributed by atoms with Crippen LogP contribution < -0.4 is 10.1 Å². The van der Waals surface area contributed by atoms with Crippen molar-refractivity contribution in [2.75, 3.05) is 7.11 Å². The Bertz CT molecular complexity index is 692. The molecule has 0 aliphatic heterocycles. The summed E-state index contributed by atoms with van der Waals surface area (Å²) in [6.45, 7) is 2.08.